The van der Waals surface area contributed by atoms with Crippen LogP contribution < -0.4 is 0 Å². The second-order valence-corrected chi connectivity index (χ2v) is 5.82. The Labute approximate surface area is 134 Å². The maximum Gasteiger partial charge on any atom is 0.0453 e. The van der Waals surface area contributed by atoms with Crippen molar-refractivity contribution in [2.45, 2.75) is 26.7 Å². The molecule has 0 heterocycles. The zero-order chi connectivity index (χ0) is 16.4. The van der Waals surface area contributed by atoms with E-state index in [1.165, 1.54) is 0 Å². The Morgan fingerprint density at radius 2 is 0.818 bits per heavy atom. The molecule has 0 aromatic heterocycles. The molecule has 0 aliphatic carbocycles. The highest BCUT2D eigenvalue weighted by Gasteiger charge is 2.21. The van der Waals surface area contributed by atoms with Gasteiger partial charge in [-0.2, -0.15) is 0 Å². The van der Waals surface area contributed by atoms with Crippen LogP contribution in [0.25, 0.3) is 0 Å². The van der Waals surface area contributed by atoms with E-state index in [1.54, 1.807) is 0 Å². The SMILES string of the molecule is [2H]C(c1ccccc1C)(c1ccccc1C)c1ccccc1C. The first-order valence-corrected chi connectivity index (χ1v) is 7.73. The molecule has 0 radical (unpaired) electrons. The van der Waals surface area contributed by atoms with Gasteiger partial charge in [0.15, 0.2) is 0 Å². The van der Waals surface area contributed by atoms with Crippen LogP contribution in [0.5, 0.6) is 0 Å². The fourth-order valence-corrected chi connectivity index (χ4v) is 3.00. The number of rotatable bonds is 3. The van der Waals surface area contributed by atoms with E-state index in [2.05, 4.69) is 57.2 Å². The second kappa shape index (κ2) is 6.19. The van der Waals surface area contributed by atoms with Gasteiger partial charge in [-0.25, -0.2) is 0 Å². The first-order chi connectivity index (χ1) is 11.0. The minimum Gasteiger partial charge on any atom is -0.0620 e. The minimum absolute atomic E-state index is 0.901. The lowest BCUT2D eigenvalue weighted by atomic mass is 9.80. The van der Waals surface area contributed by atoms with E-state index >= 15 is 0 Å². The molecular formula is C22H22. The van der Waals surface area contributed by atoms with Crippen molar-refractivity contribution in [1.82, 2.24) is 0 Å². The molecule has 0 atom stereocenters. The summed E-state index contributed by atoms with van der Waals surface area (Å²) in [5.41, 5.74) is 6.58. The van der Waals surface area contributed by atoms with Crippen molar-refractivity contribution in [3.8, 4) is 0 Å². The maximum absolute atomic E-state index is 9.57. The van der Waals surface area contributed by atoms with Gasteiger partial charge in [-0.15, -0.1) is 0 Å². The van der Waals surface area contributed by atoms with Crippen LogP contribution in [0.4, 0.5) is 0 Å². The van der Waals surface area contributed by atoms with E-state index in [1.807, 2.05) is 36.4 Å². The minimum atomic E-state index is -0.901. The third kappa shape index (κ3) is 2.69. The third-order valence-corrected chi connectivity index (χ3v) is 4.24. The highest BCUT2D eigenvalue weighted by atomic mass is 14.2. The van der Waals surface area contributed by atoms with E-state index in [0.29, 0.717) is 0 Å². The normalized spacial score (nSPS) is 12.0. The Kier molecular flexibility index (Phi) is 3.75. The van der Waals surface area contributed by atoms with E-state index in [0.717, 1.165) is 33.4 Å². The molecule has 0 N–H and O–H groups in total. The van der Waals surface area contributed by atoms with Crippen molar-refractivity contribution in [3.63, 3.8) is 0 Å². The second-order valence-electron chi connectivity index (χ2n) is 5.82. The number of aryl methyl sites for hydroxylation is 3. The van der Waals surface area contributed by atoms with Gasteiger partial charge in [-0.3, -0.25) is 0 Å². The molecule has 0 nitrogen and oxygen atoms in total. The number of hydrogen-bond acceptors (Lipinski definition) is 0. The van der Waals surface area contributed by atoms with Gasteiger partial charge in [0, 0.05) is 7.26 Å². The molecular weight excluding hydrogens is 264 g/mol. The predicted octanol–water partition coefficient (Wildman–Crippen LogP) is 5.79. The van der Waals surface area contributed by atoms with E-state index in [-0.39, 0.29) is 0 Å². The van der Waals surface area contributed by atoms with Crippen molar-refractivity contribution in [3.05, 3.63) is 106 Å². The predicted molar refractivity (Wildman–Crippen MR) is 94.5 cm³/mol. The van der Waals surface area contributed by atoms with Gasteiger partial charge < -0.3 is 0 Å². The average Bonchev–Trinajstić information content (AvgIpc) is 2.55. The largest absolute Gasteiger partial charge is 0.0620 e. The van der Waals surface area contributed by atoms with Gasteiger partial charge in [0.25, 0.3) is 0 Å². The fraction of sp³-hybridized carbons (Fsp3) is 0.182. The first-order valence-electron chi connectivity index (χ1n) is 8.23. The Hall–Kier alpha value is -2.34. The lowest BCUT2D eigenvalue weighted by Gasteiger charge is -2.24. The average molecular weight is 287 g/mol. The summed E-state index contributed by atoms with van der Waals surface area (Å²) in [6, 6.07) is 24.7. The molecule has 0 bridgehead atoms. The van der Waals surface area contributed by atoms with Crippen molar-refractivity contribution < 1.29 is 1.37 Å². The van der Waals surface area contributed by atoms with Crippen LogP contribution in [0.2, 0.25) is 0 Å². The Morgan fingerprint density at radius 1 is 0.545 bits per heavy atom. The van der Waals surface area contributed by atoms with Gasteiger partial charge in [-0.1, -0.05) is 72.8 Å². The van der Waals surface area contributed by atoms with E-state index < -0.39 is 5.89 Å². The standard InChI is InChI=1S/C22H22/c1-16-10-4-7-13-19(16)22(20-14-8-5-11-17(20)2)21-15-9-6-12-18(21)3/h4-15,22H,1-3H3/i22D. The summed E-state index contributed by atoms with van der Waals surface area (Å²) >= 11 is 0. The van der Waals surface area contributed by atoms with Crippen LogP contribution >= 0.6 is 0 Å². The molecule has 110 valence electrons. The fourth-order valence-electron chi connectivity index (χ4n) is 3.00. The Morgan fingerprint density at radius 3 is 1.09 bits per heavy atom. The summed E-state index contributed by atoms with van der Waals surface area (Å²) in [5.74, 6) is -0.901. The molecule has 0 aliphatic rings. The van der Waals surface area contributed by atoms with Gasteiger partial charge in [-0.05, 0) is 54.2 Å². The lowest BCUT2D eigenvalue weighted by Crippen LogP contribution is -2.08. The zero-order valence-electron chi connectivity index (χ0n) is 14.4. The molecule has 0 spiro atoms. The lowest BCUT2D eigenvalue weighted by molar-refractivity contribution is 0.937. The molecule has 0 amide bonds. The van der Waals surface area contributed by atoms with Crippen LogP contribution in [0.15, 0.2) is 72.8 Å². The molecule has 0 unspecified atom stereocenters. The Bertz CT molecular complexity index is 722. The van der Waals surface area contributed by atoms with Crippen LogP contribution in [-0.4, -0.2) is 0 Å². The Balaban J connectivity index is 2.38. The third-order valence-electron chi connectivity index (χ3n) is 4.24. The number of hydrogen-bond donors (Lipinski definition) is 0. The number of benzene rings is 3. The molecule has 0 saturated carbocycles. The van der Waals surface area contributed by atoms with Gasteiger partial charge in [0.1, 0.15) is 0 Å². The topological polar surface area (TPSA) is 0 Å². The molecule has 3 aromatic rings. The maximum atomic E-state index is 9.57. The van der Waals surface area contributed by atoms with Crippen LogP contribution in [0.1, 0.15) is 40.6 Å². The van der Waals surface area contributed by atoms with Crippen molar-refractivity contribution in [2.24, 2.45) is 0 Å². The highest BCUT2D eigenvalue weighted by Crippen LogP contribution is 2.36. The van der Waals surface area contributed by atoms with E-state index in [9.17, 15) is 1.37 Å². The zero-order valence-corrected chi connectivity index (χ0v) is 13.4. The molecule has 0 fully saturated rings. The highest BCUT2D eigenvalue weighted by molar-refractivity contribution is 5.50. The monoisotopic (exact) mass is 287 g/mol. The van der Waals surface area contributed by atoms with Crippen molar-refractivity contribution in [1.29, 1.82) is 0 Å². The summed E-state index contributed by atoms with van der Waals surface area (Å²) in [4.78, 5) is 0. The molecule has 3 rings (SSSR count). The van der Waals surface area contributed by atoms with Gasteiger partial charge >= 0.3 is 0 Å². The van der Waals surface area contributed by atoms with Crippen LogP contribution in [0, 0.1) is 20.8 Å². The van der Waals surface area contributed by atoms with E-state index in [4.69, 9.17) is 0 Å². The van der Waals surface area contributed by atoms with Crippen molar-refractivity contribution in [2.75, 3.05) is 0 Å². The molecule has 0 aliphatic heterocycles. The smallest absolute Gasteiger partial charge is 0.0453 e. The molecule has 0 saturated heterocycles. The molecule has 22 heavy (non-hydrogen) atoms. The molecule has 3 aromatic carbocycles. The summed E-state index contributed by atoms with van der Waals surface area (Å²) in [5, 5.41) is 0. The quantitative estimate of drug-likeness (QED) is 0.535. The van der Waals surface area contributed by atoms with Gasteiger partial charge in [0.05, 0.1) is 0 Å². The van der Waals surface area contributed by atoms with Gasteiger partial charge in [0.2, 0.25) is 0 Å². The first kappa shape index (κ1) is 13.3. The van der Waals surface area contributed by atoms with Crippen LogP contribution in [0.3, 0.4) is 0 Å². The summed E-state index contributed by atoms with van der Waals surface area (Å²) < 4.78 is 9.57. The summed E-state index contributed by atoms with van der Waals surface area (Å²) in [6.45, 7) is 6.28. The van der Waals surface area contributed by atoms with Crippen molar-refractivity contribution >= 4 is 0 Å². The van der Waals surface area contributed by atoms with Crippen LogP contribution in [-0.2, 0) is 0 Å². The molecule has 0 heteroatoms. The summed E-state index contributed by atoms with van der Waals surface area (Å²) in [7, 11) is 0. The summed E-state index contributed by atoms with van der Waals surface area (Å²) in [6.07, 6.45) is 0.